The van der Waals surface area contributed by atoms with Crippen molar-refractivity contribution in [3.8, 4) is 11.5 Å². The van der Waals surface area contributed by atoms with Gasteiger partial charge in [-0.05, 0) is 24.6 Å². The van der Waals surface area contributed by atoms with Crippen molar-refractivity contribution < 1.29 is 14.3 Å². The molecule has 6 heteroatoms. The molecule has 5 nitrogen and oxygen atoms in total. The maximum absolute atomic E-state index is 12.3. The molecule has 21 heavy (non-hydrogen) atoms. The lowest BCUT2D eigenvalue weighted by Crippen LogP contribution is -2.31. The first-order valence-corrected chi connectivity index (χ1v) is 6.62. The SMILES string of the molecule is C=CCOc1ccc(C(=O)N2CC[C@@H](N)C2)cc1OC.Cl. The Hall–Kier alpha value is -1.72. The van der Waals surface area contributed by atoms with Crippen molar-refractivity contribution in [2.45, 2.75) is 12.5 Å². The molecule has 0 aromatic heterocycles. The van der Waals surface area contributed by atoms with E-state index in [1.165, 1.54) is 0 Å². The standard InChI is InChI=1S/C15H20N2O3.ClH/c1-3-8-20-13-5-4-11(9-14(13)19-2)15(18)17-7-6-12(16)10-17;/h3-5,9,12H,1,6-8,10,16H2,2H3;1H/t12-;/m1./s1. The van der Waals surface area contributed by atoms with Crippen LogP contribution in [0.1, 0.15) is 16.8 Å². The fraction of sp³-hybridized carbons (Fsp3) is 0.400. The van der Waals surface area contributed by atoms with Gasteiger partial charge >= 0.3 is 0 Å². The molecule has 1 atom stereocenters. The van der Waals surface area contributed by atoms with Crippen LogP contribution in [-0.2, 0) is 0 Å². The molecule has 1 amide bonds. The minimum absolute atomic E-state index is 0. The van der Waals surface area contributed by atoms with Gasteiger partial charge in [0.05, 0.1) is 7.11 Å². The summed E-state index contributed by atoms with van der Waals surface area (Å²) in [6, 6.07) is 5.26. The summed E-state index contributed by atoms with van der Waals surface area (Å²) in [5, 5.41) is 0. The summed E-state index contributed by atoms with van der Waals surface area (Å²) in [6.45, 7) is 5.30. The normalized spacial score (nSPS) is 17.0. The minimum atomic E-state index is -0.0217. The Morgan fingerprint density at radius 2 is 2.29 bits per heavy atom. The van der Waals surface area contributed by atoms with Gasteiger partial charge in [-0.1, -0.05) is 12.7 Å². The Bertz CT molecular complexity index is 508. The highest BCUT2D eigenvalue weighted by molar-refractivity contribution is 5.95. The van der Waals surface area contributed by atoms with Gasteiger partial charge in [-0.15, -0.1) is 12.4 Å². The van der Waals surface area contributed by atoms with Crippen LogP contribution in [-0.4, -0.2) is 43.7 Å². The van der Waals surface area contributed by atoms with Crippen LogP contribution >= 0.6 is 12.4 Å². The maximum atomic E-state index is 12.3. The van der Waals surface area contributed by atoms with Crippen LogP contribution in [0.25, 0.3) is 0 Å². The van der Waals surface area contributed by atoms with E-state index in [-0.39, 0.29) is 24.4 Å². The van der Waals surface area contributed by atoms with E-state index in [4.69, 9.17) is 15.2 Å². The first-order chi connectivity index (χ1) is 9.65. The van der Waals surface area contributed by atoms with Gasteiger partial charge in [-0.2, -0.15) is 0 Å². The third kappa shape index (κ3) is 4.12. The predicted octanol–water partition coefficient (Wildman–Crippen LogP) is 1.85. The molecule has 1 saturated heterocycles. The van der Waals surface area contributed by atoms with Gasteiger partial charge in [-0.25, -0.2) is 0 Å². The van der Waals surface area contributed by atoms with Crippen molar-refractivity contribution in [1.29, 1.82) is 0 Å². The van der Waals surface area contributed by atoms with E-state index in [0.29, 0.717) is 36.8 Å². The molecule has 0 spiro atoms. The maximum Gasteiger partial charge on any atom is 0.254 e. The minimum Gasteiger partial charge on any atom is -0.493 e. The molecule has 0 unspecified atom stereocenters. The van der Waals surface area contributed by atoms with Crippen LogP contribution in [0.5, 0.6) is 11.5 Å². The monoisotopic (exact) mass is 312 g/mol. The van der Waals surface area contributed by atoms with Gasteiger partial charge in [0.15, 0.2) is 11.5 Å². The number of halogens is 1. The van der Waals surface area contributed by atoms with Crippen LogP contribution < -0.4 is 15.2 Å². The molecule has 116 valence electrons. The number of benzene rings is 1. The number of amides is 1. The zero-order valence-electron chi connectivity index (χ0n) is 12.1. The van der Waals surface area contributed by atoms with Crippen LogP contribution in [0.4, 0.5) is 0 Å². The summed E-state index contributed by atoms with van der Waals surface area (Å²) in [4.78, 5) is 14.1. The van der Waals surface area contributed by atoms with E-state index >= 15 is 0 Å². The Morgan fingerprint density at radius 1 is 1.52 bits per heavy atom. The average Bonchev–Trinajstić information content (AvgIpc) is 2.90. The van der Waals surface area contributed by atoms with Crippen LogP contribution in [0, 0.1) is 0 Å². The number of hydrogen-bond acceptors (Lipinski definition) is 4. The largest absolute Gasteiger partial charge is 0.493 e. The number of carbonyl (C=O) groups is 1. The van der Waals surface area contributed by atoms with E-state index in [0.717, 1.165) is 6.42 Å². The Balaban J connectivity index is 0.00000220. The van der Waals surface area contributed by atoms with E-state index in [2.05, 4.69) is 6.58 Å². The number of nitrogens with two attached hydrogens (primary N) is 1. The molecule has 0 saturated carbocycles. The summed E-state index contributed by atoms with van der Waals surface area (Å²) in [7, 11) is 1.55. The number of nitrogens with zero attached hydrogens (tertiary/aromatic N) is 1. The molecule has 0 aliphatic carbocycles. The first kappa shape index (κ1) is 17.3. The molecular weight excluding hydrogens is 292 g/mol. The molecule has 1 aromatic carbocycles. The van der Waals surface area contributed by atoms with Gasteiger partial charge in [0.2, 0.25) is 0 Å². The molecule has 1 aliphatic heterocycles. The second-order valence-corrected chi connectivity index (χ2v) is 4.77. The lowest BCUT2D eigenvalue weighted by molar-refractivity contribution is 0.0790. The quantitative estimate of drug-likeness (QED) is 0.843. The topological polar surface area (TPSA) is 64.8 Å². The van der Waals surface area contributed by atoms with E-state index in [1.807, 2.05) is 0 Å². The predicted molar refractivity (Wildman–Crippen MR) is 84.4 cm³/mol. The lowest BCUT2D eigenvalue weighted by atomic mass is 10.1. The number of rotatable bonds is 5. The Morgan fingerprint density at radius 3 is 2.86 bits per heavy atom. The first-order valence-electron chi connectivity index (χ1n) is 6.62. The zero-order chi connectivity index (χ0) is 14.5. The summed E-state index contributed by atoms with van der Waals surface area (Å²) < 4.78 is 10.7. The van der Waals surface area contributed by atoms with Gasteiger partial charge in [-0.3, -0.25) is 4.79 Å². The van der Waals surface area contributed by atoms with Crippen LogP contribution in [0.15, 0.2) is 30.9 Å². The van der Waals surface area contributed by atoms with Crippen LogP contribution in [0.3, 0.4) is 0 Å². The van der Waals surface area contributed by atoms with Crippen molar-refractivity contribution in [2.75, 3.05) is 26.8 Å². The molecule has 0 bridgehead atoms. The molecule has 0 radical (unpaired) electrons. The molecule has 1 aromatic rings. The molecule has 1 aliphatic rings. The smallest absolute Gasteiger partial charge is 0.254 e. The number of likely N-dealkylation sites (tertiary alicyclic amines) is 1. The highest BCUT2D eigenvalue weighted by Gasteiger charge is 2.25. The summed E-state index contributed by atoms with van der Waals surface area (Å²) in [6.07, 6.45) is 2.51. The molecule has 2 N–H and O–H groups in total. The average molecular weight is 313 g/mol. The lowest BCUT2D eigenvalue weighted by Gasteiger charge is -2.17. The van der Waals surface area contributed by atoms with Gasteiger partial charge in [0, 0.05) is 24.7 Å². The van der Waals surface area contributed by atoms with Crippen LogP contribution in [0.2, 0.25) is 0 Å². The van der Waals surface area contributed by atoms with E-state index in [9.17, 15) is 4.79 Å². The number of carbonyl (C=O) groups excluding carboxylic acids is 1. The fourth-order valence-corrected chi connectivity index (χ4v) is 2.22. The molecular formula is C15H21ClN2O3. The van der Waals surface area contributed by atoms with Crippen molar-refractivity contribution in [3.05, 3.63) is 36.4 Å². The number of methoxy groups -OCH3 is 1. The zero-order valence-corrected chi connectivity index (χ0v) is 12.9. The second-order valence-electron chi connectivity index (χ2n) is 4.77. The number of hydrogen-bond donors (Lipinski definition) is 1. The van der Waals surface area contributed by atoms with Gasteiger partial charge < -0.3 is 20.1 Å². The van der Waals surface area contributed by atoms with Crippen molar-refractivity contribution in [1.82, 2.24) is 4.90 Å². The van der Waals surface area contributed by atoms with E-state index < -0.39 is 0 Å². The Kier molecular flexibility index (Phi) is 6.52. The van der Waals surface area contributed by atoms with E-state index in [1.54, 1.807) is 36.3 Å². The molecule has 1 fully saturated rings. The fourth-order valence-electron chi connectivity index (χ4n) is 2.22. The summed E-state index contributed by atoms with van der Waals surface area (Å²) in [5.74, 6) is 1.12. The molecule has 1 heterocycles. The summed E-state index contributed by atoms with van der Waals surface area (Å²) >= 11 is 0. The second kappa shape index (κ2) is 7.90. The molecule has 2 rings (SSSR count). The van der Waals surface area contributed by atoms with Crippen molar-refractivity contribution in [2.24, 2.45) is 5.73 Å². The van der Waals surface area contributed by atoms with Crippen molar-refractivity contribution >= 4 is 18.3 Å². The number of ether oxygens (including phenoxy) is 2. The third-order valence-electron chi connectivity index (χ3n) is 3.28. The van der Waals surface area contributed by atoms with Gasteiger partial charge in [0.1, 0.15) is 6.61 Å². The van der Waals surface area contributed by atoms with Gasteiger partial charge in [0.25, 0.3) is 5.91 Å². The third-order valence-corrected chi connectivity index (χ3v) is 3.28. The van der Waals surface area contributed by atoms with Crippen molar-refractivity contribution in [3.63, 3.8) is 0 Å². The highest BCUT2D eigenvalue weighted by atomic mass is 35.5. The summed E-state index contributed by atoms with van der Waals surface area (Å²) in [5.41, 5.74) is 6.41. The highest BCUT2D eigenvalue weighted by Crippen LogP contribution is 2.29. The Labute approximate surface area is 131 Å².